The van der Waals surface area contributed by atoms with Gasteiger partial charge in [0.1, 0.15) is 0 Å². The molecule has 0 aromatic rings. The van der Waals surface area contributed by atoms with E-state index in [-0.39, 0.29) is 0 Å². The van der Waals surface area contributed by atoms with Gasteiger partial charge in [0.15, 0.2) is 0 Å². The monoisotopic (exact) mass is 144 g/mol. The molecule has 1 saturated carbocycles. The van der Waals surface area contributed by atoms with Gasteiger partial charge in [-0.1, -0.05) is 0 Å². The molecule has 1 saturated heterocycles. The Morgan fingerprint density at radius 1 is 1.33 bits per heavy atom. The van der Waals surface area contributed by atoms with E-state index in [1.54, 1.807) is 0 Å². The van der Waals surface area contributed by atoms with Crippen LogP contribution in [0.5, 0.6) is 0 Å². The van der Waals surface area contributed by atoms with Gasteiger partial charge in [-0.2, -0.15) is 11.8 Å². The van der Waals surface area contributed by atoms with E-state index in [1.807, 2.05) is 0 Å². The zero-order valence-corrected chi connectivity index (χ0v) is 6.32. The number of thioether (sulfide) groups is 1. The molecule has 2 heteroatoms. The van der Waals surface area contributed by atoms with Gasteiger partial charge in [0, 0.05) is 11.0 Å². The van der Waals surface area contributed by atoms with Crippen molar-refractivity contribution in [1.82, 2.24) is 0 Å². The highest BCUT2D eigenvalue weighted by molar-refractivity contribution is 8.00. The standard InChI is InChI=1S/C7H12OS/c1-2-7-6(1)5-8-3-4-9-7/h6-7H,1-5H2. The second kappa shape index (κ2) is 2.51. The molecule has 1 aliphatic carbocycles. The molecule has 52 valence electrons. The van der Waals surface area contributed by atoms with Crippen LogP contribution in [0.4, 0.5) is 0 Å². The van der Waals surface area contributed by atoms with Crippen LogP contribution in [0.15, 0.2) is 0 Å². The van der Waals surface area contributed by atoms with E-state index < -0.39 is 0 Å². The van der Waals surface area contributed by atoms with Crippen molar-refractivity contribution < 1.29 is 4.74 Å². The number of hydrogen-bond donors (Lipinski definition) is 0. The van der Waals surface area contributed by atoms with Gasteiger partial charge >= 0.3 is 0 Å². The van der Waals surface area contributed by atoms with E-state index in [0.29, 0.717) is 0 Å². The average molecular weight is 144 g/mol. The molecule has 0 aromatic heterocycles. The molecule has 0 N–H and O–H groups in total. The third kappa shape index (κ3) is 1.10. The maximum Gasteiger partial charge on any atom is 0.0556 e. The molecule has 9 heavy (non-hydrogen) atoms. The molecule has 2 aliphatic rings. The lowest BCUT2D eigenvalue weighted by Gasteiger charge is -2.33. The smallest absolute Gasteiger partial charge is 0.0556 e. The van der Waals surface area contributed by atoms with Crippen molar-refractivity contribution in [1.29, 1.82) is 0 Å². The molecule has 0 amide bonds. The molecule has 1 nitrogen and oxygen atoms in total. The summed E-state index contributed by atoms with van der Waals surface area (Å²) in [7, 11) is 0. The maximum absolute atomic E-state index is 5.41. The highest BCUT2D eigenvalue weighted by atomic mass is 32.2. The van der Waals surface area contributed by atoms with Gasteiger partial charge in [-0.3, -0.25) is 0 Å². The molecule has 0 aromatic carbocycles. The van der Waals surface area contributed by atoms with Crippen LogP contribution in [0.2, 0.25) is 0 Å². The van der Waals surface area contributed by atoms with E-state index in [9.17, 15) is 0 Å². The van der Waals surface area contributed by atoms with Crippen molar-refractivity contribution in [2.45, 2.75) is 18.1 Å². The average Bonchev–Trinajstić information content (AvgIpc) is 1.94. The first kappa shape index (κ1) is 6.05. The lowest BCUT2D eigenvalue weighted by Crippen LogP contribution is -2.30. The van der Waals surface area contributed by atoms with Crippen molar-refractivity contribution in [2.24, 2.45) is 5.92 Å². The van der Waals surface area contributed by atoms with Crippen molar-refractivity contribution in [3.05, 3.63) is 0 Å². The van der Waals surface area contributed by atoms with Crippen LogP contribution >= 0.6 is 11.8 Å². The van der Waals surface area contributed by atoms with Gasteiger partial charge in [-0.15, -0.1) is 0 Å². The van der Waals surface area contributed by atoms with Crippen LogP contribution in [0.3, 0.4) is 0 Å². The quantitative estimate of drug-likeness (QED) is 0.510. The van der Waals surface area contributed by atoms with E-state index in [0.717, 1.165) is 24.4 Å². The van der Waals surface area contributed by atoms with Gasteiger partial charge in [0.05, 0.1) is 13.2 Å². The Bertz CT molecular complexity index is 93.1. The van der Waals surface area contributed by atoms with Crippen LogP contribution in [-0.2, 0) is 4.74 Å². The molecular weight excluding hydrogens is 132 g/mol. The summed E-state index contributed by atoms with van der Waals surface area (Å²) in [6.45, 7) is 2.02. The van der Waals surface area contributed by atoms with Crippen molar-refractivity contribution in [3.63, 3.8) is 0 Å². The van der Waals surface area contributed by atoms with Crippen LogP contribution in [0.1, 0.15) is 12.8 Å². The number of hydrogen-bond acceptors (Lipinski definition) is 2. The normalized spacial score (nSPS) is 42.7. The van der Waals surface area contributed by atoms with Crippen LogP contribution in [-0.4, -0.2) is 24.2 Å². The van der Waals surface area contributed by atoms with Crippen LogP contribution < -0.4 is 0 Å². The molecule has 2 atom stereocenters. The summed E-state index contributed by atoms with van der Waals surface area (Å²) in [5.41, 5.74) is 0. The summed E-state index contributed by atoms with van der Waals surface area (Å²) in [5.74, 6) is 2.14. The van der Waals surface area contributed by atoms with Gasteiger partial charge < -0.3 is 4.74 Å². The number of fused-ring (bicyclic) bond motifs is 1. The number of rotatable bonds is 0. The van der Waals surface area contributed by atoms with Gasteiger partial charge in [0.2, 0.25) is 0 Å². The maximum atomic E-state index is 5.41. The second-order valence-corrected chi connectivity index (χ2v) is 4.17. The highest BCUT2D eigenvalue weighted by Gasteiger charge is 2.32. The minimum absolute atomic E-state index is 0.914. The van der Waals surface area contributed by atoms with Gasteiger partial charge in [-0.25, -0.2) is 0 Å². The molecule has 2 fully saturated rings. The van der Waals surface area contributed by atoms with Crippen molar-refractivity contribution in [2.75, 3.05) is 19.0 Å². The minimum Gasteiger partial charge on any atom is -0.380 e. The molecule has 0 radical (unpaired) electrons. The molecule has 0 bridgehead atoms. The Hall–Kier alpha value is 0.310. The predicted molar refractivity (Wildman–Crippen MR) is 39.8 cm³/mol. The van der Waals surface area contributed by atoms with E-state index >= 15 is 0 Å². The summed E-state index contributed by atoms with van der Waals surface area (Å²) in [5, 5.41) is 0.965. The zero-order chi connectivity index (χ0) is 6.10. The van der Waals surface area contributed by atoms with Crippen molar-refractivity contribution >= 4 is 11.8 Å². The molecule has 1 aliphatic heterocycles. The van der Waals surface area contributed by atoms with Crippen molar-refractivity contribution in [3.8, 4) is 0 Å². The van der Waals surface area contributed by atoms with Gasteiger partial charge in [-0.05, 0) is 18.8 Å². The molecule has 2 rings (SSSR count). The Morgan fingerprint density at radius 3 is 3.11 bits per heavy atom. The fourth-order valence-corrected chi connectivity index (χ4v) is 2.75. The topological polar surface area (TPSA) is 9.23 Å². The van der Waals surface area contributed by atoms with E-state index in [4.69, 9.17) is 4.74 Å². The Labute approximate surface area is 60.2 Å². The van der Waals surface area contributed by atoms with E-state index in [1.165, 1.54) is 18.6 Å². The van der Waals surface area contributed by atoms with Crippen LogP contribution in [0, 0.1) is 5.92 Å². The first-order chi connectivity index (χ1) is 4.47. The summed E-state index contributed by atoms with van der Waals surface area (Å²) in [6.07, 6.45) is 2.86. The minimum atomic E-state index is 0.914. The Balaban J connectivity index is 1.90. The molecular formula is C7H12OS. The third-order valence-electron chi connectivity index (χ3n) is 2.24. The predicted octanol–water partition coefficient (Wildman–Crippen LogP) is 1.53. The summed E-state index contributed by atoms with van der Waals surface area (Å²) in [4.78, 5) is 0. The fraction of sp³-hybridized carbons (Fsp3) is 1.00. The summed E-state index contributed by atoms with van der Waals surface area (Å²) >= 11 is 2.11. The number of ether oxygens (including phenoxy) is 1. The third-order valence-corrected chi connectivity index (χ3v) is 3.69. The zero-order valence-electron chi connectivity index (χ0n) is 5.51. The molecule has 1 heterocycles. The largest absolute Gasteiger partial charge is 0.380 e. The second-order valence-electron chi connectivity index (χ2n) is 2.82. The highest BCUT2D eigenvalue weighted by Crippen LogP contribution is 2.38. The van der Waals surface area contributed by atoms with Crippen LogP contribution in [0.25, 0.3) is 0 Å². The lowest BCUT2D eigenvalue weighted by molar-refractivity contribution is 0.0914. The molecule has 0 spiro atoms. The lowest BCUT2D eigenvalue weighted by atomic mass is 9.85. The fourth-order valence-electron chi connectivity index (χ4n) is 1.44. The van der Waals surface area contributed by atoms with E-state index in [2.05, 4.69) is 11.8 Å². The summed E-state index contributed by atoms with van der Waals surface area (Å²) in [6, 6.07) is 0. The first-order valence-electron chi connectivity index (χ1n) is 3.66. The molecule has 2 unspecified atom stereocenters. The first-order valence-corrected chi connectivity index (χ1v) is 4.71. The summed E-state index contributed by atoms with van der Waals surface area (Å²) < 4.78 is 5.41. The Kier molecular flexibility index (Phi) is 1.68. The van der Waals surface area contributed by atoms with Gasteiger partial charge in [0.25, 0.3) is 0 Å². The Morgan fingerprint density at radius 2 is 2.33 bits per heavy atom. The SMILES string of the molecule is C1CSC2CCC2CO1.